The van der Waals surface area contributed by atoms with Crippen LogP contribution in [0, 0.1) is 17.8 Å². The van der Waals surface area contributed by atoms with Gasteiger partial charge in [0.05, 0.1) is 47.5 Å². The van der Waals surface area contributed by atoms with Gasteiger partial charge in [-0.1, -0.05) is 69.9 Å². The van der Waals surface area contributed by atoms with Gasteiger partial charge in [0, 0.05) is 60.8 Å². The lowest BCUT2D eigenvalue weighted by Crippen LogP contribution is -2.58. The summed E-state index contributed by atoms with van der Waals surface area (Å²) < 4.78 is 42.1. The van der Waals surface area contributed by atoms with Gasteiger partial charge < -0.3 is 24.6 Å². The number of rotatable bonds is 9. The summed E-state index contributed by atoms with van der Waals surface area (Å²) in [6.07, 6.45) is 9.75. The highest BCUT2D eigenvalue weighted by Crippen LogP contribution is 2.32. The molecule has 0 radical (unpaired) electrons. The molecule has 0 saturated carbocycles. The fourth-order valence-electron chi connectivity index (χ4n) is 3.92. The Kier molecular flexibility index (Phi) is 32.5. The molecule has 0 aromatic heterocycles. The number of hydrogen-bond donors (Lipinski definition) is 3. The van der Waals surface area contributed by atoms with Crippen molar-refractivity contribution >= 4 is 69.8 Å². The van der Waals surface area contributed by atoms with E-state index < -0.39 is 15.6 Å². The molecule has 5 unspecified atom stereocenters. The molecule has 3 heterocycles. The number of hydrogen-bond acceptors (Lipinski definition) is 7. The van der Waals surface area contributed by atoms with Gasteiger partial charge in [0.15, 0.2) is 0 Å². The van der Waals surface area contributed by atoms with Crippen molar-refractivity contribution in [3.05, 3.63) is 25.3 Å². The van der Waals surface area contributed by atoms with E-state index in [4.69, 9.17) is 14.2 Å². The molecule has 0 bridgehead atoms. The van der Waals surface area contributed by atoms with Crippen LogP contribution in [0.5, 0.6) is 0 Å². The fourth-order valence-corrected chi connectivity index (χ4v) is 5.43. The van der Waals surface area contributed by atoms with E-state index in [1.165, 1.54) is 12.8 Å². The summed E-state index contributed by atoms with van der Waals surface area (Å²) in [7, 11) is -3.14. The maximum absolute atomic E-state index is 11.0. The monoisotopic (exact) mass is 1060 g/mol. The van der Waals surface area contributed by atoms with E-state index in [0.29, 0.717) is 24.5 Å². The highest BCUT2D eigenvalue weighted by atomic mass is 128. The number of sulfonamides is 1. The number of allylic oxidation sites excluding steroid dienone is 2. The normalized spacial score (nSPS) is 25.0. The quantitative estimate of drug-likeness (QED) is 0.0914. The molecule has 3 rings (SSSR count). The van der Waals surface area contributed by atoms with Crippen molar-refractivity contribution in [3.63, 3.8) is 0 Å². The van der Waals surface area contributed by atoms with E-state index in [-0.39, 0.29) is 36.4 Å². The van der Waals surface area contributed by atoms with Gasteiger partial charge in [0.1, 0.15) is 0 Å². The molecule has 0 spiro atoms. The van der Waals surface area contributed by atoms with E-state index in [9.17, 15) is 13.5 Å². The van der Waals surface area contributed by atoms with Crippen LogP contribution in [0.25, 0.3) is 0 Å². The van der Waals surface area contributed by atoms with E-state index in [0.717, 1.165) is 42.6 Å². The lowest BCUT2D eigenvalue weighted by molar-refractivity contribution is -0.118. The van der Waals surface area contributed by atoms with Crippen molar-refractivity contribution in [2.24, 2.45) is 17.8 Å². The number of ether oxygens (including phenoxy) is 3. The van der Waals surface area contributed by atoms with Gasteiger partial charge in [-0.15, -0.1) is 13.2 Å². The second-order valence-electron chi connectivity index (χ2n) is 15.9. The molecular weight excluding hydrogens is 981 g/mol. The molecule has 0 aromatic rings. The Hall–Kier alpha value is 1.38. The zero-order valence-corrected chi connectivity index (χ0v) is 40.0. The van der Waals surface area contributed by atoms with Crippen LogP contribution >= 0.6 is 59.8 Å². The van der Waals surface area contributed by atoms with Crippen LogP contribution in [0.15, 0.2) is 25.3 Å². The first-order chi connectivity index (χ1) is 21.7. The molecular formula is C37H77I3N2O6S. The minimum atomic E-state index is -3.14. The topological polar surface area (TPSA) is 109 Å². The lowest BCUT2D eigenvalue weighted by Gasteiger charge is -2.40. The van der Waals surface area contributed by atoms with Crippen LogP contribution in [0.3, 0.4) is 0 Å². The molecule has 0 amide bonds. The fraction of sp³-hybridized carbons (Fsp3) is 0.892. The summed E-state index contributed by atoms with van der Waals surface area (Å²) in [6.45, 7) is 36.1. The summed E-state index contributed by atoms with van der Waals surface area (Å²) in [5, 5.41) is 12.6. The number of nitrogens with one attached hydrogen (secondary N) is 2. The van der Waals surface area contributed by atoms with Crippen LogP contribution in [0.4, 0.5) is 0 Å². The van der Waals surface area contributed by atoms with Gasteiger partial charge in [-0.05, 0) is 106 Å². The van der Waals surface area contributed by atoms with Crippen LogP contribution in [-0.4, -0.2) is 84.6 Å². The Balaban J connectivity index is -0.000000267. The summed E-state index contributed by atoms with van der Waals surface area (Å²) in [4.78, 5) is 0. The number of halogens is 3. The number of epoxide rings is 1. The molecule has 3 N–H and O–H groups in total. The molecule has 0 aliphatic carbocycles. The zero-order chi connectivity index (χ0) is 38.6. The molecule has 0 aromatic carbocycles. The molecule has 12 heteroatoms. The summed E-state index contributed by atoms with van der Waals surface area (Å²) in [5.41, 5.74) is -0.379. The Morgan fingerprint density at radius 3 is 1.76 bits per heavy atom. The third kappa shape index (κ3) is 37.5. The molecule has 3 saturated heterocycles. The van der Waals surface area contributed by atoms with Gasteiger partial charge in [-0.3, -0.25) is 0 Å². The Morgan fingerprint density at radius 2 is 1.43 bits per heavy atom. The van der Waals surface area contributed by atoms with E-state index >= 15 is 0 Å². The maximum atomic E-state index is 11.0. The van der Waals surface area contributed by atoms with Crippen LogP contribution in [0.2, 0.25) is 0 Å². The molecule has 8 nitrogen and oxygen atoms in total. The first-order valence-corrected chi connectivity index (χ1v) is 26.7. The van der Waals surface area contributed by atoms with Gasteiger partial charge in [0.2, 0.25) is 10.0 Å². The summed E-state index contributed by atoms with van der Waals surface area (Å²) in [6, 6.07) is 0.160. The standard InChI is InChI=1S/C9H17IO.C9H20N2O3S.C9H18O.C5H10.C4H8O.CH4.I2/c1-7-4-5-9(2,3)11-8(7)6-10;1-7-8(5-11-15(4,12)13)14-9(2,3)6-10-7;1-5-8(2)6-7-9(3,4)10;1-4-5(2)3;1-4(2)3-5-4;;1-2/h7-8H,4-6H2,1-3H3;7-8,10-11H,5-6H2,1-4H3;5,8,10H,1,6-7H2,2-4H3;4-5H,1H2,2-3H3;3H2,1-2H3;1H4;. The molecule has 49 heavy (non-hydrogen) atoms. The minimum absolute atomic E-state index is 0. The smallest absolute Gasteiger partial charge is 0.208 e. The summed E-state index contributed by atoms with van der Waals surface area (Å²) >= 11 is 6.65. The van der Waals surface area contributed by atoms with Crippen LogP contribution in [-0.2, 0) is 24.2 Å². The third-order valence-corrected chi connectivity index (χ3v) is 9.25. The molecule has 5 atom stereocenters. The third-order valence-electron chi connectivity index (χ3n) is 7.69. The van der Waals surface area contributed by atoms with Crippen molar-refractivity contribution in [3.8, 4) is 0 Å². The van der Waals surface area contributed by atoms with Crippen molar-refractivity contribution in [2.75, 3.05) is 30.4 Å². The number of morpholine rings is 1. The Morgan fingerprint density at radius 1 is 0.980 bits per heavy atom. The average Bonchev–Trinajstić information content (AvgIpc) is 3.68. The van der Waals surface area contributed by atoms with Crippen LogP contribution in [0.1, 0.15) is 123 Å². The Bertz CT molecular complexity index is 950. The SMILES string of the molecule is C.C=CC(C)C.C=CC(C)CCC(C)(C)O.CC1(C)CO1.CC1CCC(C)(C)OC1CI.CC1NCC(C)(C)OC1CNS(C)(=O)=O.II. The molecule has 3 aliphatic heterocycles. The van der Waals surface area contributed by atoms with Gasteiger partial charge in [0.25, 0.3) is 0 Å². The predicted molar refractivity (Wildman–Crippen MR) is 240 cm³/mol. The zero-order valence-electron chi connectivity index (χ0n) is 32.7. The summed E-state index contributed by atoms with van der Waals surface area (Å²) in [5.74, 6) is 1.92. The largest absolute Gasteiger partial charge is 0.390 e. The average molecular weight is 1060 g/mol. The van der Waals surface area contributed by atoms with Crippen LogP contribution < -0.4 is 10.0 Å². The number of aliphatic hydroxyl groups is 1. The predicted octanol–water partition coefficient (Wildman–Crippen LogP) is 10.1. The van der Waals surface area contributed by atoms with Gasteiger partial charge in [-0.2, -0.15) is 0 Å². The van der Waals surface area contributed by atoms with Gasteiger partial charge >= 0.3 is 0 Å². The van der Waals surface area contributed by atoms with Crippen molar-refractivity contribution in [2.45, 2.75) is 164 Å². The first kappa shape index (κ1) is 57.1. The van der Waals surface area contributed by atoms with Crippen molar-refractivity contribution in [1.29, 1.82) is 0 Å². The highest BCUT2D eigenvalue weighted by Gasteiger charge is 2.34. The molecule has 3 aliphatic rings. The second-order valence-corrected chi connectivity index (χ2v) is 18.6. The second kappa shape index (κ2) is 27.9. The lowest BCUT2D eigenvalue weighted by atomic mass is 9.88. The Labute approximate surface area is 341 Å². The molecule has 298 valence electrons. The maximum Gasteiger partial charge on any atom is 0.208 e. The number of alkyl halides is 1. The van der Waals surface area contributed by atoms with Crippen molar-refractivity contribution < 1.29 is 27.7 Å². The first-order valence-electron chi connectivity index (χ1n) is 17.0. The minimum Gasteiger partial charge on any atom is -0.390 e. The van der Waals surface area contributed by atoms with E-state index in [1.807, 2.05) is 46.8 Å². The molecule has 3 fully saturated rings. The van der Waals surface area contributed by atoms with Gasteiger partial charge in [-0.25, -0.2) is 13.1 Å². The van der Waals surface area contributed by atoms with Crippen molar-refractivity contribution in [1.82, 2.24) is 10.0 Å². The van der Waals surface area contributed by atoms with E-state index in [1.54, 1.807) is 0 Å². The van der Waals surface area contributed by atoms with E-state index in [2.05, 4.69) is 138 Å². The highest BCUT2D eigenvalue weighted by molar-refractivity contribution is 15.0.